The minimum Gasteiger partial charge on any atom is -0.375 e. The van der Waals surface area contributed by atoms with E-state index in [1.807, 2.05) is 12.3 Å². The third-order valence-electron chi connectivity index (χ3n) is 3.47. The molecule has 6 nitrogen and oxygen atoms in total. The second kappa shape index (κ2) is 8.02. The van der Waals surface area contributed by atoms with Crippen LogP contribution in [0.3, 0.4) is 0 Å². The number of aromatic nitrogens is 2. The summed E-state index contributed by atoms with van der Waals surface area (Å²) in [6.45, 7) is 1.47. The van der Waals surface area contributed by atoms with Crippen molar-refractivity contribution in [2.75, 3.05) is 6.61 Å². The Balaban J connectivity index is 1.50. The fourth-order valence-electron chi connectivity index (χ4n) is 2.20. The third-order valence-corrected chi connectivity index (χ3v) is 4.58. The highest BCUT2D eigenvalue weighted by Gasteiger charge is 2.11. The number of carbonyl (C=O) groups is 1. The molecule has 0 atom stereocenters. The van der Waals surface area contributed by atoms with Crippen molar-refractivity contribution in [2.24, 2.45) is 0 Å². The van der Waals surface area contributed by atoms with E-state index in [2.05, 4.69) is 5.10 Å². The average molecular weight is 361 g/mol. The van der Waals surface area contributed by atoms with E-state index in [1.54, 1.807) is 34.4 Å². The van der Waals surface area contributed by atoms with Gasteiger partial charge in [0.1, 0.15) is 11.5 Å². The standard InChI is InChI=1S/C17H16FN3O3S/c18-13-3-1-12(2-4-13)11-24-10-9-21-8-7-14(19-21)15-5-6-16(25-15)17(22)20-23/h1-8,23H,9-11H2,(H,20,22). The van der Waals surface area contributed by atoms with Gasteiger partial charge in [-0.25, -0.2) is 9.87 Å². The molecule has 0 unspecified atom stereocenters. The summed E-state index contributed by atoms with van der Waals surface area (Å²) in [7, 11) is 0. The molecule has 2 aromatic heterocycles. The number of hydroxylamine groups is 1. The molecular weight excluding hydrogens is 345 g/mol. The van der Waals surface area contributed by atoms with Crippen LogP contribution in [0.4, 0.5) is 4.39 Å². The van der Waals surface area contributed by atoms with Crippen molar-refractivity contribution in [2.45, 2.75) is 13.2 Å². The molecule has 8 heteroatoms. The van der Waals surface area contributed by atoms with E-state index in [-0.39, 0.29) is 5.82 Å². The van der Waals surface area contributed by atoms with Gasteiger partial charge >= 0.3 is 0 Å². The van der Waals surface area contributed by atoms with Gasteiger partial charge in [0, 0.05) is 6.20 Å². The first kappa shape index (κ1) is 17.3. The number of carbonyl (C=O) groups excluding carboxylic acids is 1. The SMILES string of the molecule is O=C(NO)c1ccc(-c2ccn(CCOCc3ccc(F)cc3)n2)s1. The summed E-state index contributed by atoms with van der Waals surface area (Å²) in [6, 6.07) is 11.5. The van der Waals surface area contributed by atoms with Crippen LogP contribution in [-0.4, -0.2) is 27.5 Å². The quantitative estimate of drug-likeness (QED) is 0.385. The fraction of sp³-hybridized carbons (Fsp3) is 0.176. The van der Waals surface area contributed by atoms with Crippen LogP contribution >= 0.6 is 11.3 Å². The molecule has 3 rings (SSSR count). The summed E-state index contributed by atoms with van der Waals surface area (Å²) in [5.74, 6) is -0.800. The Bertz CT molecular complexity index is 845. The van der Waals surface area contributed by atoms with Crippen LogP contribution in [0, 0.1) is 5.82 Å². The van der Waals surface area contributed by atoms with Gasteiger partial charge in [-0.2, -0.15) is 5.10 Å². The number of nitrogens with one attached hydrogen (secondary N) is 1. The number of ether oxygens (including phenoxy) is 1. The van der Waals surface area contributed by atoms with Gasteiger partial charge in [0.05, 0.1) is 29.5 Å². The molecule has 3 aromatic rings. The minimum absolute atomic E-state index is 0.263. The van der Waals surface area contributed by atoms with E-state index in [9.17, 15) is 9.18 Å². The molecule has 130 valence electrons. The number of hydrogen-bond donors (Lipinski definition) is 2. The van der Waals surface area contributed by atoms with Gasteiger partial charge in [0.15, 0.2) is 0 Å². The largest absolute Gasteiger partial charge is 0.375 e. The lowest BCUT2D eigenvalue weighted by Crippen LogP contribution is -2.16. The van der Waals surface area contributed by atoms with Crippen molar-refractivity contribution in [3.63, 3.8) is 0 Å². The molecule has 25 heavy (non-hydrogen) atoms. The molecule has 0 bridgehead atoms. The summed E-state index contributed by atoms with van der Waals surface area (Å²) in [5, 5.41) is 13.1. The molecule has 0 spiro atoms. The highest BCUT2D eigenvalue weighted by Crippen LogP contribution is 2.26. The number of rotatable bonds is 7. The van der Waals surface area contributed by atoms with Crippen LogP contribution < -0.4 is 5.48 Å². The highest BCUT2D eigenvalue weighted by atomic mass is 32.1. The molecule has 0 saturated heterocycles. The molecular formula is C17H16FN3O3S. The zero-order chi connectivity index (χ0) is 17.6. The topological polar surface area (TPSA) is 76.4 Å². The predicted molar refractivity (Wildman–Crippen MR) is 90.8 cm³/mol. The molecule has 2 N–H and O–H groups in total. The van der Waals surface area contributed by atoms with E-state index in [4.69, 9.17) is 9.94 Å². The summed E-state index contributed by atoms with van der Waals surface area (Å²) in [5.41, 5.74) is 3.27. The molecule has 0 aliphatic carbocycles. The van der Waals surface area contributed by atoms with Crippen LogP contribution in [0.1, 0.15) is 15.2 Å². The van der Waals surface area contributed by atoms with E-state index in [0.717, 1.165) is 16.1 Å². The van der Waals surface area contributed by atoms with Crippen molar-refractivity contribution >= 4 is 17.2 Å². The van der Waals surface area contributed by atoms with Gasteiger partial charge in [0.2, 0.25) is 0 Å². The van der Waals surface area contributed by atoms with Crippen LogP contribution in [0.25, 0.3) is 10.6 Å². The van der Waals surface area contributed by atoms with Gasteiger partial charge < -0.3 is 4.74 Å². The Hall–Kier alpha value is -2.55. The van der Waals surface area contributed by atoms with Crippen molar-refractivity contribution in [3.05, 3.63) is 64.9 Å². The second-order valence-electron chi connectivity index (χ2n) is 5.25. The van der Waals surface area contributed by atoms with Gasteiger partial charge in [0.25, 0.3) is 5.91 Å². The van der Waals surface area contributed by atoms with Crippen LogP contribution in [-0.2, 0) is 17.9 Å². The Morgan fingerprint density at radius 1 is 1.24 bits per heavy atom. The molecule has 1 amide bonds. The predicted octanol–water partition coefficient (Wildman–Crippen LogP) is 3.09. The molecule has 0 radical (unpaired) electrons. The maximum Gasteiger partial charge on any atom is 0.284 e. The number of amides is 1. The fourth-order valence-corrected chi connectivity index (χ4v) is 3.06. The highest BCUT2D eigenvalue weighted by molar-refractivity contribution is 7.17. The number of benzene rings is 1. The zero-order valence-electron chi connectivity index (χ0n) is 13.2. The Labute approximate surface area is 147 Å². The van der Waals surface area contributed by atoms with E-state index in [1.165, 1.54) is 23.5 Å². The molecule has 1 aromatic carbocycles. The third kappa shape index (κ3) is 4.50. The lowest BCUT2D eigenvalue weighted by molar-refractivity contribution is 0.0711. The zero-order valence-corrected chi connectivity index (χ0v) is 14.0. The molecule has 0 fully saturated rings. The monoisotopic (exact) mass is 361 g/mol. The summed E-state index contributed by atoms with van der Waals surface area (Å²) < 4.78 is 20.1. The Morgan fingerprint density at radius 2 is 2.04 bits per heavy atom. The first-order chi connectivity index (χ1) is 12.2. The van der Waals surface area contributed by atoms with Gasteiger partial charge in [-0.15, -0.1) is 11.3 Å². The minimum atomic E-state index is -0.537. The van der Waals surface area contributed by atoms with Crippen LogP contribution in [0.5, 0.6) is 0 Å². The Kier molecular flexibility index (Phi) is 5.54. The molecule has 0 aliphatic rings. The molecule has 0 saturated carbocycles. The van der Waals surface area contributed by atoms with Gasteiger partial charge in [-0.3, -0.25) is 14.7 Å². The second-order valence-corrected chi connectivity index (χ2v) is 6.33. The van der Waals surface area contributed by atoms with Crippen LogP contribution in [0.2, 0.25) is 0 Å². The average Bonchev–Trinajstić information content (AvgIpc) is 3.29. The summed E-state index contributed by atoms with van der Waals surface area (Å²) in [4.78, 5) is 12.6. The van der Waals surface area contributed by atoms with Crippen molar-refractivity contribution in [3.8, 4) is 10.6 Å². The first-order valence-corrected chi connectivity index (χ1v) is 8.37. The van der Waals surface area contributed by atoms with Gasteiger partial charge in [-0.1, -0.05) is 12.1 Å². The van der Waals surface area contributed by atoms with Gasteiger partial charge in [-0.05, 0) is 35.9 Å². The Morgan fingerprint density at radius 3 is 2.80 bits per heavy atom. The maximum atomic E-state index is 12.8. The summed E-state index contributed by atoms with van der Waals surface area (Å²) >= 11 is 1.25. The van der Waals surface area contributed by atoms with Crippen LogP contribution in [0.15, 0.2) is 48.7 Å². The number of halogens is 1. The molecule has 0 aliphatic heterocycles. The van der Waals surface area contributed by atoms with E-state index >= 15 is 0 Å². The molecule has 2 heterocycles. The lowest BCUT2D eigenvalue weighted by Gasteiger charge is -2.04. The van der Waals surface area contributed by atoms with E-state index in [0.29, 0.717) is 24.6 Å². The number of hydrogen-bond acceptors (Lipinski definition) is 5. The maximum absolute atomic E-state index is 12.8. The normalized spacial score (nSPS) is 10.8. The first-order valence-electron chi connectivity index (χ1n) is 7.56. The number of thiophene rings is 1. The number of nitrogens with zero attached hydrogens (tertiary/aromatic N) is 2. The van der Waals surface area contributed by atoms with Crippen molar-refractivity contribution < 1.29 is 19.1 Å². The van der Waals surface area contributed by atoms with E-state index < -0.39 is 5.91 Å². The van der Waals surface area contributed by atoms with Crippen molar-refractivity contribution in [1.29, 1.82) is 0 Å². The lowest BCUT2D eigenvalue weighted by atomic mass is 10.2. The summed E-state index contributed by atoms with van der Waals surface area (Å²) in [6.07, 6.45) is 1.84. The van der Waals surface area contributed by atoms with Crippen molar-refractivity contribution in [1.82, 2.24) is 15.3 Å². The smallest absolute Gasteiger partial charge is 0.284 e.